The number of carbonyl (C=O) groups is 1. The van der Waals surface area contributed by atoms with Gasteiger partial charge in [0.05, 0.1) is 19.4 Å². The lowest BCUT2D eigenvalue weighted by Gasteiger charge is -2.14. The quantitative estimate of drug-likeness (QED) is 0.538. The summed E-state index contributed by atoms with van der Waals surface area (Å²) >= 11 is 0. The van der Waals surface area contributed by atoms with E-state index < -0.39 is 0 Å². The molecule has 0 aromatic carbocycles. The normalized spacial score (nSPS) is 16.3. The van der Waals surface area contributed by atoms with Gasteiger partial charge >= 0.3 is 0 Å². The first-order valence-electron chi connectivity index (χ1n) is 6.24. The molecule has 1 amide bonds. The maximum atomic E-state index is 12.7. The maximum Gasteiger partial charge on any atom is 0.227 e. The molecule has 0 aliphatic carbocycles. The van der Waals surface area contributed by atoms with E-state index in [4.69, 9.17) is 4.74 Å². The molecule has 0 aromatic heterocycles. The minimum atomic E-state index is -0.0249. The monoisotopic (exact) mass is 253 g/mol. The summed E-state index contributed by atoms with van der Waals surface area (Å²) in [7, 11) is 0. The van der Waals surface area contributed by atoms with E-state index in [0.717, 1.165) is 25.9 Å². The predicted molar refractivity (Wildman–Crippen MR) is 69.5 cm³/mol. The number of ether oxygens (including phenoxy) is 1. The van der Waals surface area contributed by atoms with E-state index in [2.05, 4.69) is 6.58 Å². The van der Waals surface area contributed by atoms with E-state index in [0.29, 0.717) is 24.3 Å². The highest BCUT2D eigenvalue weighted by molar-refractivity contribution is 5.79. The van der Waals surface area contributed by atoms with Crippen LogP contribution in [0.2, 0.25) is 0 Å². The molecular formula is C14H20FNO2. The first-order chi connectivity index (χ1) is 8.67. The molecule has 0 bridgehead atoms. The summed E-state index contributed by atoms with van der Waals surface area (Å²) in [6.45, 7) is 7.59. The van der Waals surface area contributed by atoms with Gasteiger partial charge in [-0.15, -0.1) is 0 Å². The molecule has 1 heterocycles. The summed E-state index contributed by atoms with van der Waals surface area (Å²) in [4.78, 5) is 13.6. The number of hydrogen-bond donors (Lipinski definition) is 0. The van der Waals surface area contributed by atoms with Crippen molar-refractivity contribution in [2.45, 2.75) is 26.2 Å². The molecule has 1 fully saturated rings. The second-order valence-electron chi connectivity index (χ2n) is 4.18. The topological polar surface area (TPSA) is 29.5 Å². The Morgan fingerprint density at radius 3 is 2.61 bits per heavy atom. The van der Waals surface area contributed by atoms with Crippen LogP contribution in [0.4, 0.5) is 4.39 Å². The smallest absolute Gasteiger partial charge is 0.227 e. The van der Waals surface area contributed by atoms with Crippen LogP contribution in [0.1, 0.15) is 26.2 Å². The highest BCUT2D eigenvalue weighted by atomic mass is 19.1. The third kappa shape index (κ3) is 4.73. The van der Waals surface area contributed by atoms with Crippen LogP contribution in [0.25, 0.3) is 0 Å². The zero-order valence-electron chi connectivity index (χ0n) is 10.8. The maximum absolute atomic E-state index is 12.7. The van der Waals surface area contributed by atoms with Gasteiger partial charge in [0.2, 0.25) is 5.91 Å². The van der Waals surface area contributed by atoms with E-state index in [1.165, 1.54) is 6.08 Å². The Morgan fingerprint density at radius 2 is 2.06 bits per heavy atom. The molecule has 0 unspecified atom stereocenters. The molecule has 3 nitrogen and oxygen atoms in total. The molecule has 0 aromatic rings. The highest BCUT2D eigenvalue weighted by Crippen LogP contribution is 2.14. The van der Waals surface area contributed by atoms with Gasteiger partial charge in [-0.1, -0.05) is 12.7 Å². The number of amides is 1. The van der Waals surface area contributed by atoms with Crippen molar-refractivity contribution in [3.8, 4) is 0 Å². The van der Waals surface area contributed by atoms with Crippen LogP contribution >= 0.6 is 0 Å². The average Bonchev–Trinajstić information content (AvgIpc) is 2.88. The van der Waals surface area contributed by atoms with Crippen molar-refractivity contribution >= 4 is 5.91 Å². The molecule has 0 spiro atoms. The lowest BCUT2D eigenvalue weighted by molar-refractivity contribution is -0.129. The van der Waals surface area contributed by atoms with Gasteiger partial charge in [-0.05, 0) is 31.4 Å². The van der Waals surface area contributed by atoms with Crippen LogP contribution in [-0.4, -0.2) is 30.5 Å². The van der Waals surface area contributed by atoms with Gasteiger partial charge in [0.15, 0.2) is 0 Å². The lowest BCUT2D eigenvalue weighted by Crippen LogP contribution is -2.27. The molecule has 18 heavy (non-hydrogen) atoms. The number of hydrogen-bond acceptors (Lipinski definition) is 2. The van der Waals surface area contributed by atoms with Crippen LogP contribution in [-0.2, 0) is 9.53 Å². The molecule has 1 aliphatic heterocycles. The molecule has 1 saturated heterocycles. The van der Waals surface area contributed by atoms with Crippen LogP contribution in [0.3, 0.4) is 0 Å². The molecule has 0 saturated carbocycles. The molecule has 0 N–H and O–H groups in total. The van der Waals surface area contributed by atoms with Gasteiger partial charge in [0, 0.05) is 13.1 Å². The van der Waals surface area contributed by atoms with E-state index in [1.807, 2.05) is 6.92 Å². The summed E-state index contributed by atoms with van der Waals surface area (Å²) in [5.41, 5.74) is 0.341. The molecule has 0 radical (unpaired) electrons. The number of rotatable bonds is 6. The Labute approximate surface area is 108 Å². The fraction of sp³-hybridized carbons (Fsp3) is 0.500. The van der Waals surface area contributed by atoms with Gasteiger partial charge < -0.3 is 9.64 Å². The first-order valence-corrected chi connectivity index (χ1v) is 6.24. The number of allylic oxidation sites excluding steroid dienone is 2. The number of halogens is 1. The highest BCUT2D eigenvalue weighted by Gasteiger charge is 2.18. The van der Waals surface area contributed by atoms with Gasteiger partial charge in [-0.3, -0.25) is 4.79 Å². The molecule has 100 valence electrons. The van der Waals surface area contributed by atoms with Crippen LogP contribution in [0.5, 0.6) is 0 Å². The Hall–Kier alpha value is -1.58. The van der Waals surface area contributed by atoms with Crippen molar-refractivity contribution in [2.24, 2.45) is 0 Å². The van der Waals surface area contributed by atoms with Crippen molar-refractivity contribution in [1.29, 1.82) is 0 Å². The van der Waals surface area contributed by atoms with Crippen molar-refractivity contribution < 1.29 is 13.9 Å². The Balaban J connectivity index is 2.46. The van der Waals surface area contributed by atoms with E-state index in [1.54, 1.807) is 11.0 Å². The fourth-order valence-electron chi connectivity index (χ4n) is 1.82. The summed E-state index contributed by atoms with van der Waals surface area (Å²) in [6.07, 6.45) is 5.74. The first kappa shape index (κ1) is 14.5. The zero-order chi connectivity index (χ0) is 13.4. The third-order valence-electron chi connectivity index (χ3n) is 2.77. The third-order valence-corrected chi connectivity index (χ3v) is 2.77. The van der Waals surface area contributed by atoms with Crippen LogP contribution in [0.15, 0.2) is 36.4 Å². The second-order valence-corrected chi connectivity index (χ2v) is 4.18. The molecule has 4 heteroatoms. The summed E-state index contributed by atoms with van der Waals surface area (Å²) in [5.74, 6) is 0.438. The SMILES string of the molecule is C=C(/C=C\C(=C\F)CC(=O)N1CCCC1)OCC. The minimum absolute atomic E-state index is 0.0249. The predicted octanol–water partition coefficient (Wildman–Crippen LogP) is 2.96. The fourth-order valence-corrected chi connectivity index (χ4v) is 1.82. The summed E-state index contributed by atoms with van der Waals surface area (Å²) in [6, 6.07) is 0. The Kier molecular flexibility index (Phi) is 6.19. The van der Waals surface area contributed by atoms with Crippen molar-refractivity contribution in [3.63, 3.8) is 0 Å². The van der Waals surface area contributed by atoms with Gasteiger partial charge in [0.25, 0.3) is 0 Å². The number of nitrogens with zero attached hydrogens (tertiary/aromatic N) is 1. The minimum Gasteiger partial charge on any atom is -0.495 e. The Bertz CT molecular complexity index is 355. The standard InChI is InChI=1S/C14H20FNO2/c1-3-18-12(2)6-7-13(11-15)10-14(17)16-8-4-5-9-16/h6-7,11H,2-5,8-10H2,1H3/b7-6-,13-11-. The molecule has 1 rings (SSSR count). The number of carbonyl (C=O) groups excluding carboxylic acids is 1. The van der Waals surface area contributed by atoms with Crippen molar-refractivity contribution in [1.82, 2.24) is 4.90 Å². The second kappa shape index (κ2) is 7.69. The summed E-state index contributed by atoms with van der Waals surface area (Å²) in [5, 5.41) is 0. The van der Waals surface area contributed by atoms with E-state index in [-0.39, 0.29) is 12.3 Å². The van der Waals surface area contributed by atoms with Crippen LogP contribution in [0, 0.1) is 0 Å². The number of likely N-dealkylation sites (tertiary alicyclic amines) is 1. The van der Waals surface area contributed by atoms with Crippen LogP contribution < -0.4 is 0 Å². The van der Waals surface area contributed by atoms with E-state index in [9.17, 15) is 9.18 Å². The molecule has 0 atom stereocenters. The molecular weight excluding hydrogens is 233 g/mol. The summed E-state index contributed by atoms with van der Waals surface area (Å²) < 4.78 is 17.8. The Morgan fingerprint density at radius 1 is 1.39 bits per heavy atom. The van der Waals surface area contributed by atoms with Gasteiger partial charge in [0.1, 0.15) is 5.76 Å². The van der Waals surface area contributed by atoms with E-state index >= 15 is 0 Å². The lowest BCUT2D eigenvalue weighted by atomic mass is 10.1. The zero-order valence-corrected chi connectivity index (χ0v) is 10.8. The van der Waals surface area contributed by atoms with Gasteiger partial charge in [-0.2, -0.15) is 0 Å². The largest absolute Gasteiger partial charge is 0.495 e. The van der Waals surface area contributed by atoms with Crippen molar-refractivity contribution in [3.05, 3.63) is 36.4 Å². The van der Waals surface area contributed by atoms with Crippen molar-refractivity contribution in [2.75, 3.05) is 19.7 Å². The average molecular weight is 253 g/mol. The van der Waals surface area contributed by atoms with Gasteiger partial charge in [-0.25, -0.2) is 4.39 Å². The molecule has 1 aliphatic rings.